The number of rotatable bonds is 3. The highest BCUT2D eigenvalue weighted by Gasteiger charge is 2.33. The third-order valence-electron chi connectivity index (χ3n) is 3.26. The number of carboxylic acid groups (broad SMARTS) is 1. The van der Waals surface area contributed by atoms with E-state index in [1.165, 1.54) is 29.4 Å². The zero-order valence-electron chi connectivity index (χ0n) is 10.4. The fourth-order valence-electron chi connectivity index (χ4n) is 2.19. The lowest BCUT2D eigenvalue weighted by Crippen LogP contribution is -2.30. The van der Waals surface area contributed by atoms with Crippen molar-refractivity contribution in [3.63, 3.8) is 0 Å². The fourth-order valence-corrected chi connectivity index (χ4v) is 3.93. The molecule has 0 unspecified atom stereocenters. The van der Waals surface area contributed by atoms with Gasteiger partial charge in [-0.05, 0) is 31.0 Å². The van der Waals surface area contributed by atoms with Crippen molar-refractivity contribution in [2.75, 3.05) is 13.1 Å². The van der Waals surface area contributed by atoms with Crippen LogP contribution in [0, 0.1) is 6.92 Å². The van der Waals surface area contributed by atoms with Crippen LogP contribution in [0.3, 0.4) is 0 Å². The molecule has 1 heterocycles. The maximum Gasteiger partial charge on any atom is 0.335 e. The van der Waals surface area contributed by atoms with Crippen molar-refractivity contribution in [2.45, 2.75) is 24.3 Å². The average Bonchev–Trinajstić information content (AvgIpc) is 2.76. The van der Waals surface area contributed by atoms with E-state index in [9.17, 15) is 18.3 Å². The van der Waals surface area contributed by atoms with E-state index in [0.29, 0.717) is 6.42 Å². The minimum Gasteiger partial charge on any atom is -0.478 e. The van der Waals surface area contributed by atoms with Gasteiger partial charge in [0.05, 0.1) is 16.6 Å². The van der Waals surface area contributed by atoms with Gasteiger partial charge in [-0.25, -0.2) is 13.2 Å². The lowest BCUT2D eigenvalue weighted by molar-refractivity contribution is 0.0695. The predicted octanol–water partition coefficient (Wildman–Crippen LogP) is 0.449. The molecular weight excluding hydrogens is 270 g/mol. The first-order valence-corrected chi connectivity index (χ1v) is 7.29. The van der Waals surface area contributed by atoms with Gasteiger partial charge in [0, 0.05) is 13.1 Å². The first-order valence-electron chi connectivity index (χ1n) is 5.85. The molecular formula is C12H15NO5S. The molecule has 0 aliphatic carbocycles. The zero-order chi connectivity index (χ0) is 14.2. The van der Waals surface area contributed by atoms with Gasteiger partial charge in [0.25, 0.3) is 0 Å². The Balaban J connectivity index is 2.47. The van der Waals surface area contributed by atoms with Crippen molar-refractivity contribution in [1.82, 2.24) is 4.31 Å². The van der Waals surface area contributed by atoms with Gasteiger partial charge in [-0.1, -0.05) is 6.07 Å². The van der Waals surface area contributed by atoms with Crippen molar-refractivity contribution in [1.29, 1.82) is 0 Å². The van der Waals surface area contributed by atoms with Crippen molar-refractivity contribution >= 4 is 16.0 Å². The number of carbonyl (C=O) groups is 1. The quantitative estimate of drug-likeness (QED) is 0.840. The molecule has 1 aromatic carbocycles. The van der Waals surface area contributed by atoms with Crippen LogP contribution in [0.4, 0.5) is 0 Å². The lowest BCUT2D eigenvalue weighted by Gasteiger charge is -2.18. The molecule has 0 aromatic heterocycles. The van der Waals surface area contributed by atoms with Gasteiger partial charge in [0.2, 0.25) is 10.0 Å². The van der Waals surface area contributed by atoms with Crippen LogP contribution >= 0.6 is 0 Å². The molecule has 1 saturated heterocycles. The Hall–Kier alpha value is -1.44. The maximum absolute atomic E-state index is 12.4. The molecule has 0 saturated carbocycles. The van der Waals surface area contributed by atoms with Gasteiger partial charge in [-0.2, -0.15) is 4.31 Å². The highest BCUT2D eigenvalue weighted by atomic mass is 32.2. The molecule has 1 aliphatic heterocycles. The molecule has 0 bridgehead atoms. The van der Waals surface area contributed by atoms with Crippen molar-refractivity contribution in [3.8, 4) is 0 Å². The van der Waals surface area contributed by atoms with E-state index >= 15 is 0 Å². The predicted molar refractivity (Wildman–Crippen MR) is 67.5 cm³/mol. The maximum atomic E-state index is 12.4. The largest absolute Gasteiger partial charge is 0.478 e. The van der Waals surface area contributed by atoms with Gasteiger partial charge in [-0.3, -0.25) is 0 Å². The molecule has 104 valence electrons. The summed E-state index contributed by atoms with van der Waals surface area (Å²) in [4.78, 5) is 11.0. The summed E-state index contributed by atoms with van der Waals surface area (Å²) in [6.45, 7) is 1.78. The van der Waals surface area contributed by atoms with E-state index in [1.807, 2.05) is 0 Å². The van der Waals surface area contributed by atoms with Crippen LogP contribution in [0.1, 0.15) is 22.3 Å². The molecule has 0 radical (unpaired) electrons. The Morgan fingerprint density at radius 3 is 2.63 bits per heavy atom. The fraction of sp³-hybridized carbons (Fsp3) is 0.417. The molecule has 1 fully saturated rings. The van der Waals surface area contributed by atoms with Crippen molar-refractivity contribution in [3.05, 3.63) is 29.3 Å². The molecule has 7 heteroatoms. The zero-order valence-corrected chi connectivity index (χ0v) is 11.2. The van der Waals surface area contributed by atoms with Gasteiger partial charge < -0.3 is 10.2 Å². The number of aromatic carboxylic acids is 1. The molecule has 0 spiro atoms. The van der Waals surface area contributed by atoms with E-state index in [-0.39, 0.29) is 29.1 Å². The first kappa shape index (κ1) is 14.0. The smallest absolute Gasteiger partial charge is 0.335 e. The number of carboxylic acids is 1. The molecule has 2 N–H and O–H groups in total. The molecule has 1 aromatic rings. The Labute approximate surface area is 111 Å². The van der Waals surface area contributed by atoms with Crippen LogP contribution in [-0.4, -0.2) is 48.1 Å². The van der Waals surface area contributed by atoms with Gasteiger partial charge >= 0.3 is 5.97 Å². The molecule has 6 nitrogen and oxygen atoms in total. The average molecular weight is 285 g/mol. The van der Waals surface area contributed by atoms with Gasteiger partial charge in [0.1, 0.15) is 0 Å². The molecule has 19 heavy (non-hydrogen) atoms. The highest BCUT2D eigenvalue weighted by Crippen LogP contribution is 2.25. The Bertz CT molecular complexity index is 611. The summed E-state index contributed by atoms with van der Waals surface area (Å²) in [6.07, 6.45) is -0.255. The van der Waals surface area contributed by atoms with Crippen molar-refractivity contribution in [2.24, 2.45) is 0 Å². The SMILES string of the molecule is Cc1c(C(=O)O)cccc1S(=O)(=O)N1CC[C@@H](O)C1. The first-order chi connectivity index (χ1) is 8.84. The minimum absolute atomic E-state index is 0.0125. The lowest BCUT2D eigenvalue weighted by atomic mass is 10.1. The van der Waals surface area contributed by atoms with E-state index in [1.54, 1.807) is 0 Å². The summed E-state index contributed by atoms with van der Waals surface area (Å²) in [5.74, 6) is -1.16. The number of β-amino-alcohol motifs (C(OH)–C–C–N with tert-alkyl or cyclic N) is 1. The highest BCUT2D eigenvalue weighted by molar-refractivity contribution is 7.89. The van der Waals surface area contributed by atoms with Crippen LogP contribution in [0.2, 0.25) is 0 Å². The van der Waals surface area contributed by atoms with Crippen LogP contribution in [-0.2, 0) is 10.0 Å². The van der Waals surface area contributed by atoms with E-state index < -0.39 is 22.1 Å². The summed E-state index contributed by atoms with van der Waals surface area (Å²) in [7, 11) is -3.75. The molecule has 1 atom stereocenters. The summed E-state index contributed by atoms with van der Waals surface area (Å²) >= 11 is 0. The Morgan fingerprint density at radius 1 is 1.42 bits per heavy atom. The minimum atomic E-state index is -3.75. The summed E-state index contributed by atoms with van der Waals surface area (Å²) < 4.78 is 26.0. The molecule has 1 aliphatic rings. The number of aliphatic hydroxyl groups excluding tert-OH is 1. The Kier molecular flexibility index (Phi) is 3.62. The third-order valence-corrected chi connectivity index (χ3v) is 5.27. The third kappa shape index (κ3) is 2.49. The summed E-state index contributed by atoms with van der Waals surface area (Å²) in [5, 5.41) is 18.4. The molecule has 2 rings (SSSR count). The second-order valence-corrected chi connectivity index (χ2v) is 6.45. The monoisotopic (exact) mass is 285 g/mol. The van der Waals surface area contributed by atoms with Crippen molar-refractivity contribution < 1.29 is 23.4 Å². The van der Waals surface area contributed by atoms with Crippen LogP contribution in [0.5, 0.6) is 0 Å². The topological polar surface area (TPSA) is 94.9 Å². The number of nitrogens with zero attached hydrogens (tertiary/aromatic N) is 1. The standard InChI is InChI=1S/C12H15NO5S/c1-8-10(12(15)16)3-2-4-11(8)19(17,18)13-6-5-9(14)7-13/h2-4,9,14H,5-7H2,1H3,(H,15,16)/t9-/m1/s1. The molecule has 0 amide bonds. The Morgan fingerprint density at radius 2 is 2.11 bits per heavy atom. The normalized spacial score (nSPS) is 20.6. The number of aliphatic hydroxyl groups is 1. The van der Waals surface area contributed by atoms with Gasteiger partial charge in [-0.15, -0.1) is 0 Å². The number of hydrogen-bond donors (Lipinski definition) is 2. The second-order valence-electron chi connectivity index (χ2n) is 4.54. The second kappa shape index (κ2) is 4.92. The van der Waals surface area contributed by atoms with Crippen LogP contribution in [0.25, 0.3) is 0 Å². The number of benzene rings is 1. The number of hydrogen-bond acceptors (Lipinski definition) is 4. The van der Waals surface area contributed by atoms with Gasteiger partial charge in [0.15, 0.2) is 0 Å². The summed E-state index contributed by atoms with van der Waals surface area (Å²) in [5.41, 5.74) is 0.192. The number of sulfonamides is 1. The van der Waals surface area contributed by atoms with E-state index in [2.05, 4.69) is 0 Å². The van der Waals surface area contributed by atoms with Crippen LogP contribution < -0.4 is 0 Å². The van der Waals surface area contributed by atoms with E-state index in [0.717, 1.165) is 0 Å². The summed E-state index contributed by atoms with van der Waals surface area (Å²) in [6, 6.07) is 4.17. The van der Waals surface area contributed by atoms with Crippen LogP contribution in [0.15, 0.2) is 23.1 Å². The van der Waals surface area contributed by atoms with E-state index in [4.69, 9.17) is 5.11 Å².